The number of nitrogens with zero attached hydrogens (tertiary/aromatic N) is 3. The largest absolute Gasteiger partial charge is 0.495 e. The van der Waals surface area contributed by atoms with Crippen molar-refractivity contribution in [1.29, 1.82) is 0 Å². The third kappa shape index (κ3) is 4.00. The van der Waals surface area contributed by atoms with Gasteiger partial charge >= 0.3 is 0 Å². The van der Waals surface area contributed by atoms with Crippen molar-refractivity contribution >= 4 is 45.5 Å². The van der Waals surface area contributed by atoms with Crippen LogP contribution in [-0.4, -0.2) is 42.1 Å². The van der Waals surface area contributed by atoms with Gasteiger partial charge in [0.2, 0.25) is 0 Å². The third-order valence-corrected chi connectivity index (χ3v) is 6.37. The number of aliphatic hydroxyl groups is 1. The number of rotatable bonds is 5. The highest BCUT2D eigenvalue weighted by molar-refractivity contribution is 6.35. The van der Waals surface area contributed by atoms with Gasteiger partial charge in [0.1, 0.15) is 5.75 Å². The van der Waals surface area contributed by atoms with Crippen molar-refractivity contribution < 1.29 is 9.84 Å². The first-order valence-electron chi connectivity index (χ1n) is 9.93. The molecule has 0 atom stereocenters. The molecule has 0 saturated carbocycles. The Kier molecular flexibility index (Phi) is 6.18. The molecule has 0 spiro atoms. The highest BCUT2D eigenvalue weighted by Gasteiger charge is 2.23. The summed E-state index contributed by atoms with van der Waals surface area (Å²) in [5.74, 6) is 1.78. The predicted octanol–water partition coefficient (Wildman–Crippen LogP) is 4.33. The number of anilines is 2. The van der Waals surface area contributed by atoms with Crippen molar-refractivity contribution in [2.45, 2.75) is 19.3 Å². The van der Waals surface area contributed by atoms with Gasteiger partial charge in [-0.25, -0.2) is 0 Å². The monoisotopic (exact) mass is 446 g/mol. The molecule has 0 aliphatic carbocycles. The van der Waals surface area contributed by atoms with E-state index in [2.05, 4.69) is 15.1 Å². The Bertz CT molecular complexity index is 1070. The van der Waals surface area contributed by atoms with Gasteiger partial charge < -0.3 is 20.5 Å². The molecule has 2 heterocycles. The number of nitrogens with two attached hydrogens (primary N) is 1. The molecule has 1 aromatic heterocycles. The maximum Gasteiger partial charge on any atom is 0.159 e. The molecule has 30 heavy (non-hydrogen) atoms. The average molecular weight is 447 g/mol. The summed E-state index contributed by atoms with van der Waals surface area (Å²) in [6, 6.07) is 9.41. The van der Waals surface area contributed by atoms with Gasteiger partial charge in [-0.2, -0.15) is 5.10 Å². The quantitative estimate of drug-likeness (QED) is 0.567. The molecule has 0 radical (unpaired) electrons. The van der Waals surface area contributed by atoms with E-state index in [1.807, 2.05) is 24.3 Å². The zero-order chi connectivity index (χ0) is 21.3. The number of hydrogen-bond acceptors (Lipinski definition) is 6. The summed E-state index contributed by atoms with van der Waals surface area (Å²) in [5.41, 5.74) is 8.63. The number of piperidine rings is 1. The summed E-state index contributed by atoms with van der Waals surface area (Å²) < 4.78 is 5.24. The summed E-state index contributed by atoms with van der Waals surface area (Å²) >= 11 is 12.6. The van der Waals surface area contributed by atoms with E-state index in [-0.39, 0.29) is 6.61 Å². The molecule has 1 saturated heterocycles. The topological polar surface area (TPSA) is 84.5 Å². The number of halogens is 2. The second-order valence-electron chi connectivity index (χ2n) is 7.61. The molecule has 4 rings (SSSR count). The van der Waals surface area contributed by atoms with Gasteiger partial charge in [-0.15, -0.1) is 5.10 Å². The van der Waals surface area contributed by atoms with Crippen LogP contribution in [0.2, 0.25) is 10.0 Å². The highest BCUT2D eigenvalue weighted by atomic mass is 35.5. The molecule has 3 aromatic rings. The van der Waals surface area contributed by atoms with E-state index in [1.165, 1.54) is 0 Å². The van der Waals surface area contributed by atoms with Crippen molar-refractivity contribution in [3.05, 3.63) is 51.6 Å². The summed E-state index contributed by atoms with van der Waals surface area (Å²) in [6.45, 7) is 1.88. The zero-order valence-corrected chi connectivity index (χ0v) is 18.2. The Morgan fingerprint density at radius 2 is 1.90 bits per heavy atom. The van der Waals surface area contributed by atoms with Gasteiger partial charge in [-0.05, 0) is 48.6 Å². The van der Waals surface area contributed by atoms with E-state index in [9.17, 15) is 5.11 Å². The van der Waals surface area contributed by atoms with Crippen molar-refractivity contribution in [2.24, 2.45) is 5.92 Å². The molecule has 1 aliphatic rings. The Morgan fingerprint density at radius 1 is 1.13 bits per heavy atom. The predicted molar refractivity (Wildman–Crippen MR) is 122 cm³/mol. The van der Waals surface area contributed by atoms with Crippen LogP contribution < -0.4 is 15.4 Å². The number of aliphatic hydroxyl groups excluding tert-OH is 1. The lowest BCUT2D eigenvalue weighted by atomic mass is 9.97. The van der Waals surface area contributed by atoms with Gasteiger partial charge in [0.05, 0.1) is 28.5 Å². The van der Waals surface area contributed by atoms with E-state index < -0.39 is 0 Å². The summed E-state index contributed by atoms with van der Waals surface area (Å²) in [6.07, 6.45) is 2.37. The van der Waals surface area contributed by atoms with E-state index in [0.717, 1.165) is 53.8 Å². The first kappa shape index (κ1) is 21.0. The third-order valence-electron chi connectivity index (χ3n) is 5.75. The smallest absolute Gasteiger partial charge is 0.159 e. The van der Waals surface area contributed by atoms with Gasteiger partial charge in [0.15, 0.2) is 5.82 Å². The molecule has 0 amide bonds. The maximum absolute atomic E-state index is 9.42. The first-order valence-corrected chi connectivity index (χ1v) is 10.7. The van der Waals surface area contributed by atoms with Crippen LogP contribution in [0, 0.1) is 5.92 Å². The van der Waals surface area contributed by atoms with Crippen LogP contribution in [0.1, 0.15) is 24.1 Å². The lowest BCUT2D eigenvalue weighted by Gasteiger charge is -2.32. The second kappa shape index (κ2) is 8.84. The number of nitrogen functional groups attached to an aromatic ring is 1. The molecular weight excluding hydrogens is 423 g/mol. The van der Waals surface area contributed by atoms with E-state index in [0.29, 0.717) is 33.8 Å². The minimum Gasteiger partial charge on any atom is -0.495 e. The van der Waals surface area contributed by atoms with Crippen molar-refractivity contribution in [3.8, 4) is 5.75 Å². The molecule has 8 heteroatoms. The van der Waals surface area contributed by atoms with Crippen LogP contribution in [-0.2, 0) is 6.42 Å². The molecule has 3 N–H and O–H groups in total. The van der Waals surface area contributed by atoms with E-state index in [1.54, 1.807) is 13.2 Å². The summed E-state index contributed by atoms with van der Waals surface area (Å²) in [5, 5.41) is 21.3. The number of ether oxygens (including phenoxy) is 1. The van der Waals surface area contributed by atoms with Crippen LogP contribution in [0.15, 0.2) is 30.3 Å². The molecule has 2 aromatic carbocycles. The Labute approximate surface area is 185 Å². The number of aromatic nitrogens is 2. The molecule has 158 valence electrons. The minimum absolute atomic E-state index is 0.228. The number of fused-ring (bicyclic) bond motifs is 1. The average Bonchev–Trinajstić information content (AvgIpc) is 2.76. The van der Waals surface area contributed by atoms with Crippen LogP contribution in [0.25, 0.3) is 10.8 Å². The van der Waals surface area contributed by atoms with Crippen LogP contribution in [0.3, 0.4) is 0 Å². The number of benzene rings is 2. The molecular formula is C22H24Cl2N4O2. The highest BCUT2D eigenvalue weighted by Crippen LogP contribution is 2.37. The Morgan fingerprint density at radius 3 is 2.57 bits per heavy atom. The van der Waals surface area contributed by atoms with Crippen molar-refractivity contribution in [2.75, 3.05) is 37.4 Å². The maximum atomic E-state index is 9.42. The Balaban J connectivity index is 1.74. The SMILES string of the molecule is COc1ccc(Cc2nnc(N3CCC(CO)CC3)c3ccc(Cl)c(N)c23)cc1Cl. The molecule has 1 aliphatic heterocycles. The Hall–Kier alpha value is -2.28. The summed E-state index contributed by atoms with van der Waals surface area (Å²) in [7, 11) is 1.59. The number of hydrogen-bond donors (Lipinski definition) is 2. The standard InChI is InChI=1S/C22H24Cl2N4O2/c1-30-19-5-2-14(10-17(19)24)11-18-20-15(3-4-16(23)21(20)25)22(27-26-18)28-8-6-13(12-29)7-9-28/h2-5,10,13,29H,6-9,11-12,25H2,1H3. The van der Waals surface area contributed by atoms with Gasteiger partial charge in [0, 0.05) is 36.9 Å². The normalized spacial score (nSPS) is 15.0. The van der Waals surface area contributed by atoms with E-state index in [4.69, 9.17) is 33.7 Å². The van der Waals surface area contributed by atoms with Crippen LogP contribution >= 0.6 is 23.2 Å². The second-order valence-corrected chi connectivity index (χ2v) is 8.43. The van der Waals surface area contributed by atoms with Crippen LogP contribution in [0.4, 0.5) is 11.5 Å². The van der Waals surface area contributed by atoms with Crippen molar-refractivity contribution in [1.82, 2.24) is 10.2 Å². The minimum atomic E-state index is 0.228. The van der Waals surface area contributed by atoms with Crippen LogP contribution in [0.5, 0.6) is 5.75 Å². The fourth-order valence-corrected chi connectivity index (χ4v) is 4.44. The summed E-state index contributed by atoms with van der Waals surface area (Å²) in [4.78, 5) is 2.21. The van der Waals surface area contributed by atoms with Crippen molar-refractivity contribution in [3.63, 3.8) is 0 Å². The lowest BCUT2D eigenvalue weighted by Crippen LogP contribution is -2.35. The fourth-order valence-electron chi connectivity index (χ4n) is 4.00. The molecule has 6 nitrogen and oxygen atoms in total. The fraction of sp³-hybridized carbons (Fsp3) is 0.364. The van der Waals surface area contributed by atoms with Gasteiger partial charge in [0.25, 0.3) is 0 Å². The molecule has 0 unspecified atom stereocenters. The molecule has 1 fully saturated rings. The lowest BCUT2D eigenvalue weighted by molar-refractivity contribution is 0.203. The molecule has 0 bridgehead atoms. The van der Waals surface area contributed by atoms with Gasteiger partial charge in [-0.3, -0.25) is 0 Å². The first-order chi connectivity index (χ1) is 14.5. The number of methoxy groups -OCH3 is 1. The zero-order valence-electron chi connectivity index (χ0n) is 16.7. The van der Waals surface area contributed by atoms with Gasteiger partial charge in [-0.1, -0.05) is 29.3 Å². The van der Waals surface area contributed by atoms with E-state index >= 15 is 0 Å².